The summed E-state index contributed by atoms with van der Waals surface area (Å²) < 4.78 is 0. The number of aliphatic imine (C=N–C) groups is 1. The van der Waals surface area contributed by atoms with Crippen molar-refractivity contribution >= 4 is 38.2 Å². The highest BCUT2D eigenvalue weighted by molar-refractivity contribution is 8.01. The van der Waals surface area contributed by atoms with E-state index in [2.05, 4.69) is 25.1 Å². The van der Waals surface area contributed by atoms with Gasteiger partial charge in [0, 0.05) is 11.1 Å². The smallest absolute Gasteiger partial charge is 0.267 e. The van der Waals surface area contributed by atoms with E-state index >= 15 is 0 Å². The minimum absolute atomic E-state index is 0.0119. The van der Waals surface area contributed by atoms with Gasteiger partial charge >= 0.3 is 0 Å². The van der Waals surface area contributed by atoms with Crippen LogP contribution in [0, 0.1) is 6.92 Å². The minimum Gasteiger partial charge on any atom is -0.267 e. The SMILES string of the molecule is Cc1ccc2c(c1)C(c1ccccc1)=NC1=S=C(c3ccccc3)C(=O)N12. The summed E-state index contributed by atoms with van der Waals surface area (Å²) in [6.07, 6.45) is 0. The third kappa shape index (κ3) is 2.57. The average molecular weight is 368 g/mol. The van der Waals surface area contributed by atoms with Crippen molar-refractivity contribution in [3.05, 3.63) is 101 Å². The van der Waals surface area contributed by atoms with Crippen LogP contribution in [0.4, 0.5) is 5.69 Å². The number of anilines is 1. The van der Waals surface area contributed by atoms with Crippen LogP contribution in [0.2, 0.25) is 0 Å². The molecule has 5 rings (SSSR count). The van der Waals surface area contributed by atoms with Crippen molar-refractivity contribution in [2.24, 2.45) is 4.99 Å². The van der Waals surface area contributed by atoms with E-state index in [0.717, 1.165) is 38.5 Å². The molecular formula is C23H16N2OS. The highest BCUT2D eigenvalue weighted by Crippen LogP contribution is 2.33. The van der Waals surface area contributed by atoms with Crippen LogP contribution in [0.25, 0.3) is 0 Å². The van der Waals surface area contributed by atoms with Gasteiger partial charge < -0.3 is 0 Å². The molecule has 3 nitrogen and oxygen atoms in total. The van der Waals surface area contributed by atoms with Crippen LogP contribution in [-0.2, 0) is 4.79 Å². The molecule has 1 amide bonds. The van der Waals surface area contributed by atoms with Crippen LogP contribution in [-0.4, -0.2) is 21.6 Å². The van der Waals surface area contributed by atoms with Crippen LogP contribution in [0.3, 0.4) is 0 Å². The maximum atomic E-state index is 13.2. The van der Waals surface area contributed by atoms with Gasteiger partial charge in [0.2, 0.25) is 0 Å². The number of benzene rings is 3. The van der Waals surface area contributed by atoms with Crippen molar-refractivity contribution in [3.63, 3.8) is 0 Å². The molecular weight excluding hydrogens is 352 g/mol. The molecule has 27 heavy (non-hydrogen) atoms. The van der Waals surface area contributed by atoms with Gasteiger partial charge in [0.25, 0.3) is 5.91 Å². The first kappa shape index (κ1) is 16.0. The number of carbonyl (C=O) groups excluding carboxylic acids is 1. The Kier molecular flexibility index (Phi) is 3.66. The van der Waals surface area contributed by atoms with Gasteiger partial charge in [-0.2, -0.15) is 0 Å². The van der Waals surface area contributed by atoms with Gasteiger partial charge in [0.15, 0.2) is 5.11 Å². The van der Waals surface area contributed by atoms with E-state index in [1.165, 1.54) is 10.9 Å². The molecule has 0 aromatic heterocycles. The Morgan fingerprint density at radius 2 is 1.52 bits per heavy atom. The van der Waals surface area contributed by atoms with Crippen molar-refractivity contribution in [2.75, 3.05) is 4.90 Å². The molecule has 3 aromatic carbocycles. The quantitative estimate of drug-likeness (QED) is 0.623. The number of rotatable bonds is 2. The molecule has 3 aromatic rings. The zero-order chi connectivity index (χ0) is 18.4. The summed E-state index contributed by atoms with van der Waals surface area (Å²) in [6, 6.07) is 26.1. The molecule has 0 spiro atoms. The van der Waals surface area contributed by atoms with E-state index in [-0.39, 0.29) is 5.91 Å². The second-order valence-corrected chi connectivity index (χ2v) is 7.54. The van der Waals surface area contributed by atoms with Gasteiger partial charge in [0.1, 0.15) is 4.86 Å². The second kappa shape index (κ2) is 6.18. The molecule has 0 radical (unpaired) electrons. The Morgan fingerprint density at radius 3 is 2.22 bits per heavy atom. The minimum atomic E-state index is -0.0119. The van der Waals surface area contributed by atoms with Crippen molar-refractivity contribution in [1.29, 1.82) is 0 Å². The van der Waals surface area contributed by atoms with Crippen molar-refractivity contribution in [2.45, 2.75) is 6.92 Å². The molecule has 0 bridgehead atoms. The maximum absolute atomic E-state index is 13.2. The molecule has 2 aliphatic rings. The Balaban J connectivity index is 1.75. The van der Waals surface area contributed by atoms with Gasteiger partial charge in [-0.1, -0.05) is 83.2 Å². The number of hydrogen-bond acceptors (Lipinski definition) is 2. The Labute approximate surface area is 161 Å². The number of carbonyl (C=O) groups is 1. The molecule has 2 aliphatic heterocycles. The number of nitrogens with zero attached hydrogens (tertiary/aromatic N) is 2. The number of fused-ring (bicyclic) bond motifs is 3. The lowest BCUT2D eigenvalue weighted by Gasteiger charge is -2.27. The summed E-state index contributed by atoms with van der Waals surface area (Å²) in [5.74, 6) is -0.0119. The lowest BCUT2D eigenvalue weighted by atomic mass is 9.96. The summed E-state index contributed by atoms with van der Waals surface area (Å²) in [5, 5.41) is 0.717. The fourth-order valence-electron chi connectivity index (χ4n) is 3.43. The van der Waals surface area contributed by atoms with Crippen LogP contribution in [0.1, 0.15) is 22.3 Å². The van der Waals surface area contributed by atoms with Gasteiger partial charge in [-0.3, -0.25) is 9.69 Å². The Bertz CT molecular complexity index is 1170. The van der Waals surface area contributed by atoms with Crippen molar-refractivity contribution in [1.82, 2.24) is 0 Å². The molecule has 0 aliphatic carbocycles. The van der Waals surface area contributed by atoms with Crippen LogP contribution in [0.15, 0.2) is 83.9 Å². The monoisotopic (exact) mass is 368 g/mol. The molecule has 2 heterocycles. The summed E-state index contributed by atoms with van der Waals surface area (Å²) >= 11 is 0. The van der Waals surface area contributed by atoms with E-state index in [1.807, 2.05) is 60.7 Å². The topological polar surface area (TPSA) is 32.7 Å². The number of amides is 1. The highest BCUT2D eigenvalue weighted by atomic mass is 32.1. The molecule has 0 saturated carbocycles. The fraction of sp³-hybridized carbons (Fsp3) is 0.0435. The molecule has 4 heteroatoms. The largest absolute Gasteiger partial charge is 0.275 e. The summed E-state index contributed by atoms with van der Waals surface area (Å²) in [4.78, 5) is 20.6. The summed E-state index contributed by atoms with van der Waals surface area (Å²) in [7, 11) is 1.44. The van der Waals surface area contributed by atoms with Crippen molar-refractivity contribution < 1.29 is 4.79 Å². The van der Waals surface area contributed by atoms with Crippen LogP contribution < -0.4 is 4.90 Å². The molecule has 0 fully saturated rings. The lowest BCUT2D eigenvalue weighted by Crippen LogP contribution is -2.39. The normalized spacial score (nSPS) is 15.2. The summed E-state index contributed by atoms with van der Waals surface area (Å²) in [6.45, 7) is 2.06. The average Bonchev–Trinajstić information content (AvgIpc) is 3.05. The second-order valence-electron chi connectivity index (χ2n) is 6.57. The molecule has 0 N–H and O–H groups in total. The van der Waals surface area contributed by atoms with E-state index in [9.17, 15) is 4.79 Å². The third-order valence-electron chi connectivity index (χ3n) is 4.72. The molecule has 0 atom stereocenters. The van der Waals surface area contributed by atoms with Gasteiger partial charge in [0.05, 0.1) is 11.4 Å². The Morgan fingerprint density at radius 1 is 0.852 bits per heavy atom. The van der Waals surface area contributed by atoms with Crippen molar-refractivity contribution in [3.8, 4) is 0 Å². The van der Waals surface area contributed by atoms with Gasteiger partial charge in [-0.05, 0) is 24.6 Å². The zero-order valence-corrected chi connectivity index (χ0v) is 15.5. The summed E-state index contributed by atoms with van der Waals surface area (Å²) in [5.41, 5.74) is 5.93. The first-order valence-electron chi connectivity index (χ1n) is 8.79. The zero-order valence-electron chi connectivity index (χ0n) is 14.7. The number of aryl methyl sites for hydroxylation is 1. The molecule has 130 valence electrons. The van der Waals surface area contributed by atoms with Crippen LogP contribution >= 0.6 is 10.9 Å². The lowest BCUT2D eigenvalue weighted by molar-refractivity contribution is -0.111. The number of hydrogen-bond donors (Lipinski definition) is 0. The maximum Gasteiger partial charge on any atom is 0.275 e. The molecule has 0 unspecified atom stereocenters. The van der Waals surface area contributed by atoms with E-state index < -0.39 is 0 Å². The standard InChI is InChI=1S/C23H16N2OS/c1-15-12-13-19-18(14-15)20(16-8-4-2-5-9-16)24-23-25(19)22(26)21(27-23)17-10-6-3-7-11-17/h2-14H,1H3. The van der Waals surface area contributed by atoms with E-state index in [0.29, 0.717) is 5.11 Å². The predicted molar refractivity (Wildman–Crippen MR) is 114 cm³/mol. The van der Waals surface area contributed by atoms with Gasteiger partial charge in [-0.15, -0.1) is 0 Å². The van der Waals surface area contributed by atoms with E-state index in [4.69, 9.17) is 4.99 Å². The first-order valence-corrected chi connectivity index (χ1v) is 9.61. The Hall–Kier alpha value is -3.24. The van der Waals surface area contributed by atoms with Gasteiger partial charge in [-0.25, -0.2) is 4.99 Å². The van der Waals surface area contributed by atoms with E-state index in [1.54, 1.807) is 4.90 Å². The highest BCUT2D eigenvalue weighted by Gasteiger charge is 2.35. The first-order chi connectivity index (χ1) is 13.2. The predicted octanol–water partition coefficient (Wildman–Crippen LogP) is 4.23. The third-order valence-corrected chi connectivity index (χ3v) is 5.79. The molecule has 0 saturated heterocycles. The fourth-order valence-corrected chi connectivity index (χ4v) is 4.46. The van der Waals surface area contributed by atoms with Crippen LogP contribution in [0.5, 0.6) is 0 Å².